The first-order valence-electron chi connectivity index (χ1n) is 6.89. The van der Waals surface area contributed by atoms with Gasteiger partial charge in [-0.1, -0.05) is 38.1 Å². The summed E-state index contributed by atoms with van der Waals surface area (Å²) >= 11 is 0. The molecular weight excluding hydrogens is 222 g/mol. The Bertz CT molecular complexity index is 341. The van der Waals surface area contributed by atoms with Crippen molar-refractivity contribution in [2.24, 2.45) is 0 Å². The average Bonchev–Trinajstić information content (AvgIpc) is 2.29. The maximum absolute atomic E-state index is 8.96. The van der Waals surface area contributed by atoms with E-state index in [1.165, 1.54) is 11.1 Å². The van der Waals surface area contributed by atoms with Gasteiger partial charge in [-0.25, -0.2) is 0 Å². The van der Waals surface area contributed by atoms with Gasteiger partial charge in [-0.2, -0.15) is 0 Å². The summed E-state index contributed by atoms with van der Waals surface area (Å²) in [4.78, 5) is 0. The SMILES string of the molecule is CC(C)c1ccc(CCNC(C)(C)CCO)cc1. The van der Waals surface area contributed by atoms with Crippen LogP contribution < -0.4 is 5.32 Å². The summed E-state index contributed by atoms with van der Waals surface area (Å²) in [5, 5.41) is 12.4. The average molecular weight is 249 g/mol. The lowest BCUT2D eigenvalue weighted by molar-refractivity contribution is 0.231. The minimum absolute atomic E-state index is 0.0205. The van der Waals surface area contributed by atoms with Gasteiger partial charge in [0, 0.05) is 12.1 Å². The number of rotatable bonds is 7. The van der Waals surface area contributed by atoms with E-state index in [9.17, 15) is 0 Å². The van der Waals surface area contributed by atoms with Crippen molar-refractivity contribution >= 4 is 0 Å². The number of aliphatic hydroxyl groups excluding tert-OH is 1. The highest BCUT2D eigenvalue weighted by molar-refractivity contribution is 5.24. The van der Waals surface area contributed by atoms with Crippen molar-refractivity contribution in [2.45, 2.75) is 52.0 Å². The molecule has 2 N–H and O–H groups in total. The molecule has 0 atom stereocenters. The van der Waals surface area contributed by atoms with Crippen LogP contribution in [0.2, 0.25) is 0 Å². The number of hydrogen-bond donors (Lipinski definition) is 2. The summed E-state index contributed by atoms with van der Waals surface area (Å²) in [5.74, 6) is 0.598. The van der Waals surface area contributed by atoms with E-state index in [-0.39, 0.29) is 12.1 Å². The van der Waals surface area contributed by atoms with Gasteiger partial charge in [0.15, 0.2) is 0 Å². The Morgan fingerprint density at radius 3 is 2.28 bits per heavy atom. The van der Waals surface area contributed by atoms with E-state index >= 15 is 0 Å². The molecule has 0 spiro atoms. The van der Waals surface area contributed by atoms with Crippen molar-refractivity contribution in [3.63, 3.8) is 0 Å². The predicted molar refractivity (Wildman–Crippen MR) is 78.0 cm³/mol. The molecule has 2 heteroatoms. The molecule has 0 bridgehead atoms. The first-order chi connectivity index (χ1) is 8.44. The Kier molecular flexibility index (Phi) is 5.83. The Morgan fingerprint density at radius 2 is 1.78 bits per heavy atom. The zero-order valence-electron chi connectivity index (χ0n) is 12.2. The molecule has 18 heavy (non-hydrogen) atoms. The molecule has 0 aromatic heterocycles. The first kappa shape index (κ1) is 15.2. The highest BCUT2D eigenvalue weighted by Gasteiger charge is 2.15. The third-order valence-electron chi connectivity index (χ3n) is 3.40. The molecule has 0 aliphatic carbocycles. The van der Waals surface area contributed by atoms with E-state index in [4.69, 9.17) is 5.11 Å². The molecule has 0 saturated heterocycles. The maximum atomic E-state index is 8.96. The van der Waals surface area contributed by atoms with Crippen molar-refractivity contribution < 1.29 is 5.11 Å². The van der Waals surface area contributed by atoms with Crippen LogP contribution in [-0.2, 0) is 6.42 Å². The zero-order valence-corrected chi connectivity index (χ0v) is 12.2. The summed E-state index contributed by atoms with van der Waals surface area (Å²) in [6.45, 7) is 9.88. The normalized spacial score (nSPS) is 12.1. The van der Waals surface area contributed by atoms with Gasteiger partial charge in [0.2, 0.25) is 0 Å². The molecule has 1 aromatic rings. The molecule has 0 aliphatic heterocycles. The molecule has 0 amide bonds. The fourth-order valence-corrected chi connectivity index (χ4v) is 1.98. The summed E-state index contributed by atoms with van der Waals surface area (Å²) in [6, 6.07) is 8.88. The summed E-state index contributed by atoms with van der Waals surface area (Å²) in [7, 11) is 0. The molecule has 2 nitrogen and oxygen atoms in total. The third-order valence-corrected chi connectivity index (χ3v) is 3.40. The van der Waals surface area contributed by atoms with Gasteiger partial charge in [-0.15, -0.1) is 0 Å². The van der Waals surface area contributed by atoms with Crippen LogP contribution in [0.25, 0.3) is 0 Å². The van der Waals surface area contributed by atoms with Crippen LogP contribution in [-0.4, -0.2) is 23.8 Å². The molecule has 0 heterocycles. The molecule has 102 valence electrons. The maximum Gasteiger partial charge on any atom is 0.0448 e. The van der Waals surface area contributed by atoms with E-state index in [2.05, 4.69) is 57.3 Å². The monoisotopic (exact) mass is 249 g/mol. The molecule has 0 radical (unpaired) electrons. The second-order valence-electron chi connectivity index (χ2n) is 5.93. The van der Waals surface area contributed by atoms with Gasteiger partial charge < -0.3 is 10.4 Å². The van der Waals surface area contributed by atoms with E-state index in [1.807, 2.05) is 0 Å². The third kappa shape index (κ3) is 5.19. The van der Waals surface area contributed by atoms with Crippen molar-refractivity contribution in [1.82, 2.24) is 5.32 Å². The molecule has 0 saturated carbocycles. The smallest absolute Gasteiger partial charge is 0.0448 e. The summed E-state index contributed by atoms with van der Waals surface area (Å²) in [6.07, 6.45) is 1.83. The van der Waals surface area contributed by atoms with E-state index < -0.39 is 0 Å². The van der Waals surface area contributed by atoms with Crippen LogP contribution >= 0.6 is 0 Å². The number of nitrogens with one attached hydrogen (secondary N) is 1. The van der Waals surface area contributed by atoms with Gasteiger partial charge in [0.05, 0.1) is 0 Å². The lowest BCUT2D eigenvalue weighted by atomic mass is 9.99. The fraction of sp³-hybridized carbons (Fsp3) is 0.625. The summed E-state index contributed by atoms with van der Waals surface area (Å²) < 4.78 is 0. The highest BCUT2D eigenvalue weighted by atomic mass is 16.3. The van der Waals surface area contributed by atoms with Crippen LogP contribution in [0.1, 0.15) is 51.2 Å². The minimum Gasteiger partial charge on any atom is -0.396 e. The van der Waals surface area contributed by atoms with Crippen molar-refractivity contribution in [1.29, 1.82) is 0 Å². The molecule has 0 fully saturated rings. The standard InChI is InChI=1S/C16H27NO/c1-13(2)15-7-5-14(6-8-15)9-11-17-16(3,4)10-12-18/h5-8,13,17-18H,9-12H2,1-4H3. The topological polar surface area (TPSA) is 32.3 Å². The molecule has 0 aliphatic rings. The van der Waals surface area contributed by atoms with Crippen LogP contribution in [0.3, 0.4) is 0 Å². The Balaban J connectivity index is 2.40. The summed E-state index contributed by atoms with van der Waals surface area (Å²) in [5.41, 5.74) is 2.78. The van der Waals surface area contributed by atoms with Gasteiger partial charge in [0.1, 0.15) is 0 Å². The van der Waals surface area contributed by atoms with Crippen molar-refractivity contribution in [3.8, 4) is 0 Å². The van der Waals surface area contributed by atoms with Crippen LogP contribution in [0.4, 0.5) is 0 Å². The molecule has 0 unspecified atom stereocenters. The van der Waals surface area contributed by atoms with E-state index in [0.717, 1.165) is 19.4 Å². The van der Waals surface area contributed by atoms with Crippen molar-refractivity contribution in [3.05, 3.63) is 35.4 Å². The Morgan fingerprint density at radius 1 is 1.17 bits per heavy atom. The first-order valence-corrected chi connectivity index (χ1v) is 6.89. The second-order valence-corrected chi connectivity index (χ2v) is 5.93. The van der Waals surface area contributed by atoms with Gasteiger partial charge in [0.25, 0.3) is 0 Å². The largest absolute Gasteiger partial charge is 0.396 e. The Hall–Kier alpha value is -0.860. The molecular formula is C16H27NO. The minimum atomic E-state index is 0.0205. The quantitative estimate of drug-likeness (QED) is 0.778. The van der Waals surface area contributed by atoms with Gasteiger partial charge >= 0.3 is 0 Å². The fourth-order valence-electron chi connectivity index (χ4n) is 1.98. The lowest BCUT2D eigenvalue weighted by Crippen LogP contribution is -2.41. The zero-order chi connectivity index (χ0) is 13.6. The molecule has 1 aromatic carbocycles. The van der Waals surface area contributed by atoms with E-state index in [0.29, 0.717) is 5.92 Å². The van der Waals surface area contributed by atoms with Crippen LogP contribution in [0, 0.1) is 0 Å². The van der Waals surface area contributed by atoms with Crippen molar-refractivity contribution in [2.75, 3.05) is 13.2 Å². The Labute approximate surface area is 111 Å². The van der Waals surface area contributed by atoms with Crippen LogP contribution in [0.5, 0.6) is 0 Å². The van der Waals surface area contributed by atoms with E-state index in [1.54, 1.807) is 0 Å². The van der Waals surface area contributed by atoms with Gasteiger partial charge in [-0.05, 0) is 50.3 Å². The van der Waals surface area contributed by atoms with Gasteiger partial charge in [-0.3, -0.25) is 0 Å². The highest BCUT2D eigenvalue weighted by Crippen LogP contribution is 2.15. The second kappa shape index (κ2) is 6.91. The number of aliphatic hydroxyl groups is 1. The number of benzene rings is 1. The molecule has 1 rings (SSSR count). The predicted octanol–water partition coefficient (Wildman–Crippen LogP) is 3.10. The number of hydrogen-bond acceptors (Lipinski definition) is 2. The van der Waals surface area contributed by atoms with Crippen LogP contribution in [0.15, 0.2) is 24.3 Å². The lowest BCUT2D eigenvalue weighted by Gasteiger charge is -2.25.